The van der Waals surface area contributed by atoms with Crippen LogP contribution in [0.3, 0.4) is 0 Å². The normalized spacial score (nSPS) is 28.4. The molecule has 0 aromatic heterocycles. The zero-order valence-electron chi connectivity index (χ0n) is 8.52. The van der Waals surface area contributed by atoms with Gasteiger partial charge in [-0.25, -0.2) is 0 Å². The number of benzene rings is 1. The van der Waals surface area contributed by atoms with E-state index < -0.39 is 0 Å². The third-order valence-corrected chi connectivity index (χ3v) is 3.21. The average molecular weight is 190 g/mol. The van der Waals surface area contributed by atoms with Gasteiger partial charge in [-0.15, -0.1) is 0 Å². The van der Waals surface area contributed by atoms with Gasteiger partial charge in [-0.1, -0.05) is 36.8 Å². The molecule has 2 atom stereocenters. The van der Waals surface area contributed by atoms with E-state index in [4.69, 9.17) is 0 Å². The summed E-state index contributed by atoms with van der Waals surface area (Å²) in [5, 5.41) is 9.55. The van der Waals surface area contributed by atoms with Crippen molar-refractivity contribution in [3.8, 4) is 0 Å². The molecular formula is C13H18O. The SMILES string of the molecule is O[C@H]1CCCC(c2ccccc2)CC1. The first kappa shape index (κ1) is 9.72. The average Bonchev–Trinajstić information content (AvgIpc) is 2.44. The van der Waals surface area contributed by atoms with Crippen LogP contribution in [0.5, 0.6) is 0 Å². The third-order valence-electron chi connectivity index (χ3n) is 3.21. The summed E-state index contributed by atoms with van der Waals surface area (Å²) in [7, 11) is 0. The number of rotatable bonds is 1. The van der Waals surface area contributed by atoms with Crippen molar-refractivity contribution in [3.63, 3.8) is 0 Å². The van der Waals surface area contributed by atoms with Crippen molar-refractivity contribution >= 4 is 0 Å². The molecule has 1 N–H and O–H groups in total. The van der Waals surface area contributed by atoms with E-state index in [1.807, 2.05) is 0 Å². The quantitative estimate of drug-likeness (QED) is 0.675. The van der Waals surface area contributed by atoms with Gasteiger partial charge in [0.1, 0.15) is 0 Å². The molecule has 1 heteroatoms. The van der Waals surface area contributed by atoms with Crippen molar-refractivity contribution in [2.24, 2.45) is 0 Å². The fourth-order valence-corrected chi connectivity index (χ4v) is 2.34. The van der Waals surface area contributed by atoms with Crippen molar-refractivity contribution in [2.75, 3.05) is 0 Å². The summed E-state index contributed by atoms with van der Waals surface area (Å²) >= 11 is 0. The molecule has 1 aromatic rings. The minimum atomic E-state index is -0.0521. The zero-order chi connectivity index (χ0) is 9.80. The van der Waals surface area contributed by atoms with Crippen molar-refractivity contribution in [1.82, 2.24) is 0 Å². The summed E-state index contributed by atoms with van der Waals surface area (Å²) in [6, 6.07) is 10.7. The Balaban J connectivity index is 2.04. The lowest BCUT2D eigenvalue weighted by atomic mass is 9.92. The maximum absolute atomic E-state index is 9.55. The highest BCUT2D eigenvalue weighted by Gasteiger charge is 2.17. The van der Waals surface area contributed by atoms with Crippen LogP contribution in [0.25, 0.3) is 0 Å². The van der Waals surface area contributed by atoms with Gasteiger partial charge in [0.25, 0.3) is 0 Å². The second-order valence-corrected chi connectivity index (χ2v) is 4.27. The number of aliphatic hydroxyl groups excluding tert-OH is 1. The molecule has 0 spiro atoms. The van der Waals surface area contributed by atoms with Gasteiger partial charge in [-0.05, 0) is 37.2 Å². The highest BCUT2D eigenvalue weighted by Crippen LogP contribution is 2.31. The standard InChI is InChI=1S/C13H18O/c14-13-8-4-7-12(9-10-13)11-5-2-1-3-6-11/h1-3,5-6,12-14H,4,7-10H2/t12?,13-/m0/s1. The Hall–Kier alpha value is -0.820. The van der Waals surface area contributed by atoms with Gasteiger partial charge in [-0.2, -0.15) is 0 Å². The monoisotopic (exact) mass is 190 g/mol. The van der Waals surface area contributed by atoms with E-state index >= 15 is 0 Å². The number of aliphatic hydroxyl groups is 1. The molecule has 14 heavy (non-hydrogen) atoms. The second-order valence-electron chi connectivity index (χ2n) is 4.27. The Labute approximate surface area is 85.8 Å². The fraction of sp³-hybridized carbons (Fsp3) is 0.538. The molecule has 1 aliphatic carbocycles. The van der Waals surface area contributed by atoms with E-state index in [1.54, 1.807) is 0 Å². The lowest BCUT2D eigenvalue weighted by Crippen LogP contribution is -2.03. The van der Waals surface area contributed by atoms with Gasteiger partial charge in [-0.3, -0.25) is 0 Å². The van der Waals surface area contributed by atoms with Crippen LogP contribution in [0.2, 0.25) is 0 Å². The Morgan fingerprint density at radius 1 is 0.929 bits per heavy atom. The summed E-state index contributed by atoms with van der Waals surface area (Å²) in [6.07, 6.45) is 5.46. The van der Waals surface area contributed by atoms with Crippen LogP contribution in [0, 0.1) is 0 Å². The van der Waals surface area contributed by atoms with Gasteiger partial charge < -0.3 is 5.11 Å². The fourth-order valence-electron chi connectivity index (χ4n) is 2.34. The first-order valence-electron chi connectivity index (χ1n) is 5.59. The molecule has 0 radical (unpaired) electrons. The van der Waals surface area contributed by atoms with Crippen LogP contribution in [0.1, 0.15) is 43.6 Å². The van der Waals surface area contributed by atoms with Crippen LogP contribution in [0.15, 0.2) is 30.3 Å². The molecule has 1 fully saturated rings. The Kier molecular flexibility index (Phi) is 3.20. The minimum Gasteiger partial charge on any atom is -0.393 e. The summed E-state index contributed by atoms with van der Waals surface area (Å²) < 4.78 is 0. The Bertz CT molecular complexity index is 268. The number of hydrogen-bond acceptors (Lipinski definition) is 1. The van der Waals surface area contributed by atoms with Crippen LogP contribution < -0.4 is 0 Å². The summed E-state index contributed by atoms with van der Waals surface area (Å²) in [5.41, 5.74) is 1.45. The number of hydrogen-bond donors (Lipinski definition) is 1. The lowest BCUT2D eigenvalue weighted by molar-refractivity contribution is 0.157. The van der Waals surface area contributed by atoms with E-state index in [9.17, 15) is 5.11 Å². The molecule has 0 bridgehead atoms. The van der Waals surface area contributed by atoms with Crippen LogP contribution in [-0.4, -0.2) is 11.2 Å². The first-order chi connectivity index (χ1) is 6.86. The molecule has 1 saturated carbocycles. The van der Waals surface area contributed by atoms with Gasteiger partial charge in [0.2, 0.25) is 0 Å². The predicted molar refractivity (Wildman–Crippen MR) is 58.3 cm³/mol. The van der Waals surface area contributed by atoms with E-state index in [-0.39, 0.29) is 6.10 Å². The Morgan fingerprint density at radius 2 is 1.71 bits per heavy atom. The van der Waals surface area contributed by atoms with Crippen LogP contribution >= 0.6 is 0 Å². The summed E-state index contributed by atoms with van der Waals surface area (Å²) in [5.74, 6) is 0.674. The van der Waals surface area contributed by atoms with Crippen molar-refractivity contribution in [2.45, 2.75) is 44.1 Å². The minimum absolute atomic E-state index is 0.0521. The second kappa shape index (κ2) is 4.61. The molecule has 0 saturated heterocycles. The molecule has 1 unspecified atom stereocenters. The van der Waals surface area contributed by atoms with E-state index in [1.165, 1.54) is 18.4 Å². The van der Waals surface area contributed by atoms with Gasteiger partial charge in [0, 0.05) is 0 Å². The largest absolute Gasteiger partial charge is 0.393 e. The molecule has 1 aromatic carbocycles. The molecule has 0 amide bonds. The smallest absolute Gasteiger partial charge is 0.0540 e. The van der Waals surface area contributed by atoms with Crippen molar-refractivity contribution in [1.29, 1.82) is 0 Å². The molecule has 1 nitrogen and oxygen atoms in total. The lowest BCUT2D eigenvalue weighted by Gasteiger charge is -2.13. The zero-order valence-corrected chi connectivity index (χ0v) is 8.52. The van der Waals surface area contributed by atoms with Crippen molar-refractivity contribution < 1.29 is 5.11 Å². The highest BCUT2D eigenvalue weighted by atomic mass is 16.3. The molecule has 76 valence electrons. The maximum atomic E-state index is 9.55. The summed E-state index contributed by atoms with van der Waals surface area (Å²) in [4.78, 5) is 0. The maximum Gasteiger partial charge on any atom is 0.0540 e. The topological polar surface area (TPSA) is 20.2 Å². The Morgan fingerprint density at radius 3 is 2.50 bits per heavy atom. The third kappa shape index (κ3) is 2.36. The van der Waals surface area contributed by atoms with Crippen molar-refractivity contribution in [3.05, 3.63) is 35.9 Å². The molecule has 1 aliphatic rings. The highest BCUT2D eigenvalue weighted by molar-refractivity contribution is 5.19. The van der Waals surface area contributed by atoms with E-state index in [2.05, 4.69) is 30.3 Å². The van der Waals surface area contributed by atoms with Crippen LogP contribution in [-0.2, 0) is 0 Å². The van der Waals surface area contributed by atoms with E-state index in [0.29, 0.717) is 5.92 Å². The predicted octanol–water partition coefficient (Wildman–Crippen LogP) is 3.10. The van der Waals surface area contributed by atoms with Gasteiger partial charge in [0.05, 0.1) is 6.10 Å². The molecule has 0 aliphatic heterocycles. The van der Waals surface area contributed by atoms with Crippen LogP contribution in [0.4, 0.5) is 0 Å². The summed E-state index contributed by atoms with van der Waals surface area (Å²) in [6.45, 7) is 0. The molecule has 2 rings (SSSR count). The first-order valence-corrected chi connectivity index (χ1v) is 5.59. The van der Waals surface area contributed by atoms with Gasteiger partial charge >= 0.3 is 0 Å². The van der Waals surface area contributed by atoms with E-state index in [0.717, 1.165) is 19.3 Å². The molecule has 0 heterocycles. The van der Waals surface area contributed by atoms with Gasteiger partial charge in [0.15, 0.2) is 0 Å². The molecular weight excluding hydrogens is 172 g/mol.